The first-order valence-corrected chi connectivity index (χ1v) is 10.8. The van der Waals surface area contributed by atoms with Gasteiger partial charge in [0, 0.05) is 12.2 Å². The summed E-state index contributed by atoms with van der Waals surface area (Å²) < 4.78 is 2.50. The summed E-state index contributed by atoms with van der Waals surface area (Å²) in [6, 6.07) is 9.53. The summed E-state index contributed by atoms with van der Waals surface area (Å²) in [5, 5.41) is 0. The number of nitrogens with zero attached hydrogens (tertiary/aromatic N) is 4. The van der Waals surface area contributed by atoms with Crippen LogP contribution in [0.2, 0.25) is 0 Å². The molecular formula is C25H34N4. The van der Waals surface area contributed by atoms with Crippen LogP contribution in [0.25, 0.3) is 11.0 Å². The van der Waals surface area contributed by atoms with Crippen molar-refractivity contribution < 1.29 is 0 Å². The average Bonchev–Trinajstić information content (AvgIpc) is 3.12. The SMILES string of the molecule is C=C/C=C\C(=NC=C)[C@@H]1CCC[C@H](c2nc3ccccc3n2C(CC)CC)N1C. The number of imidazole rings is 1. The maximum absolute atomic E-state index is 5.13. The average molecular weight is 391 g/mol. The second kappa shape index (κ2) is 9.84. The molecule has 2 aromatic rings. The van der Waals surface area contributed by atoms with Crippen LogP contribution in [0, 0.1) is 0 Å². The van der Waals surface area contributed by atoms with E-state index in [9.17, 15) is 0 Å². The van der Waals surface area contributed by atoms with E-state index in [1.807, 2.05) is 6.08 Å². The second-order valence-electron chi connectivity index (χ2n) is 7.76. The topological polar surface area (TPSA) is 33.4 Å². The number of aromatic nitrogens is 2. The highest BCUT2D eigenvalue weighted by molar-refractivity contribution is 6.00. The fraction of sp³-hybridized carbons (Fsp3) is 0.440. The zero-order valence-corrected chi connectivity index (χ0v) is 18.1. The molecule has 0 spiro atoms. The van der Waals surface area contributed by atoms with Crippen molar-refractivity contribution in [2.75, 3.05) is 7.05 Å². The number of fused-ring (bicyclic) bond motifs is 1. The molecule has 2 atom stereocenters. The molecular weight excluding hydrogens is 356 g/mol. The molecule has 1 fully saturated rings. The van der Waals surface area contributed by atoms with Crippen LogP contribution in [0.1, 0.15) is 63.9 Å². The lowest BCUT2D eigenvalue weighted by molar-refractivity contribution is 0.143. The van der Waals surface area contributed by atoms with Gasteiger partial charge in [0.25, 0.3) is 0 Å². The lowest BCUT2D eigenvalue weighted by Crippen LogP contribution is -2.44. The quantitative estimate of drug-likeness (QED) is 0.394. The predicted octanol–water partition coefficient (Wildman–Crippen LogP) is 6.25. The van der Waals surface area contributed by atoms with Gasteiger partial charge < -0.3 is 4.57 Å². The van der Waals surface area contributed by atoms with E-state index in [2.05, 4.69) is 78.9 Å². The molecule has 3 rings (SSSR count). The lowest BCUT2D eigenvalue weighted by atomic mass is 9.92. The van der Waals surface area contributed by atoms with Crippen molar-refractivity contribution in [3.63, 3.8) is 0 Å². The zero-order valence-electron chi connectivity index (χ0n) is 18.1. The van der Waals surface area contributed by atoms with Gasteiger partial charge in [-0.1, -0.05) is 51.3 Å². The molecule has 1 saturated heterocycles. The smallest absolute Gasteiger partial charge is 0.127 e. The molecule has 154 valence electrons. The van der Waals surface area contributed by atoms with Crippen LogP contribution in [0.3, 0.4) is 0 Å². The van der Waals surface area contributed by atoms with Gasteiger partial charge in [-0.15, -0.1) is 0 Å². The number of hydrogen-bond acceptors (Lipinski definition) is 3. The Kier molecular flexibility index (Phi) is 7.21. The molecule has 0 bridgehead atoms. The maximum Gasteiger partial charge on any atom is 0.127 e. The van der Waals surface area contributed by atoms with Gasteiger partial charge in [-0.05, 0) is 57.4 Å². The molecule has 29 heavy (non-hydrogen) atoms. The van der Waals surface area contributed by atoms with E-state index in [1.54, 1.807) is 12.3 Å². The van der Waals surface area contributed by atoms with E-state index in [0.29, 0.717) is 6.04 Å². The number of hydrogen-bond donors (Lipinski definition) is 0. The van der Waals surface area contributed by atoms with Crippen LogP contribution in [0.15, 0.2) is 66.8 Å². The van der Waals surface area contributed by atoms with Gasteiger partial charge >= 0.3 is 0 Å². The van der Waals surface area contributed by atoms with E-state index >= 15 is 0 Å². The normalized spacial score (nSPS) is 21.3. The maximum atomic E-state index is 5.13. The first-order chi connectivity index (χ1) is 14.2. The van der Waals surface area contributed by atoms with Gasteiger partial charge in [-0.25, -0.2) is 4.98 Å². The van der Waals surface area contributed by atoms with Gasteiger partial charge in [-0.3, -0.25) is 9.89 Å². The molecule has 0 radical (unpaired) electrons. The molecule has 0 amide bonds. The summed E-state index contributed by atoms with van der Waals surface area (Å²) in [6.45, 7) is 12.2. The zero-order chi connectivity index (χ0) is 20.8. The highest BCUT2D eigenvalue weighted by Gasteiger charge is 2.34. The van der Waals surface area contributed by atoms with Crippen molar-refractivity contribution in [1.29, 1.82) is 0 Å². The van der Waals surface area contributed by atoms with Gasteiger partial charge in [-0.2, -0.15) is 0 Å². The molecule has 1 aliphatic rings. The fourth-order valence-electron chi connectivity index (χ4n) is 4.64. The summed E-state index contributed by atoms with van der Waals surface area (Å²) in [5.74, 6) is 1.19. The molecule has 1 aliphatic heterocycles. The van der Waals surface area contributed by atoms with Gasteiger partial charge in [0.05, 0.1) is 28.8 Å². The van der Waals surface area contributed by atoms with Crippen molar-refractivity contribution in [1.82, 2.24) is 14.5 Å². The number of benzene rings is 1. The van der Waals surface area contributed by atoms with Crippen molar-refractivity contribution in [3.8, 4) is 0 Å². The summed E-state index contributed by atoms with van der Waals surface area (Å²) in [5.41, 5.74) is 3.38. The van der Waals surface area contributed by atoms with E-state index in [4.69, 9.17) is 4.98 Å². The first-order valence-electron chi connectivity index (χ1n) is 10.8. The minimum Gasteiger partial charge on any atom is -0.324 e. The number of likely N-dealkylation sites (tertiary alicyclic amines) is 1. The first kappa shape index (κ1) is 21.3. The van der Waals surface area contributed by atoms with Crippen LogP contribution in [0.5, 0.6) is 0 Å². The lowest BCUT2D eigenvalue weighted by Gasteiger charge is -2.40. The number of aliphatic imine (C=N–C) groups is 1. The molecule has 4 heteroatoms. The van der Waals surface area contributed by atoms with Crippen molar-refractivity contribution in [2.45, 2.75) is 64.1 Å². The van der Waals surface area contributed by atoms with Gasteiger partial charge in [0.15, 0.2) is 0 Å². The molecule has 0 unspecified atom stereocenters. The minimum atomic E-state index is 0.248. The molecule has 0 saturated carbocycles. The van der Waals surface area contributed by atoms with Gasteiger partial charge in [0.2, 0.25) is 0 Å². The highest BCUT2D eigenvalue weighted by Crippen LogP contribution is 2.37. The monoisotopic (exact) mass is 390 g/mol. The minimum absolute atomic E-state index is 0.248. The van der Waals surface area contributed by atoms with E-state index in [-0.39, 0.29) is 12.1 Å². The summed E-state index contributed by atoms with van der Waals surface area (Å²) in [6.07, 6.45) is 13.0. The Morgan fingerprint density at radius 2 is 2.00 bits per heavy atom. The van der Waals surface area contributed by atoms with Crippen LogP contribution in [0.4, 0.5) is 0 Å². The molecule has 0 N–H and O–H groups in total. The third-order valence-electron chi connectivity index (χ3n) is 6.15. The number of piperidine rings is 1. The standard InChI is InChI=1S/C25H34N4/c1-6-10-14-20(26-9-4)22-17-13-18-24(28(22)5)25-27-21-15-11-12-16-23(21)29(25)19(7-2)8-3/h6,9-12,14-16,19,22,24H,1,4,7-8,13,17-18H2,2-3,5H3/b14-10-,26-20?/t22-,24+/m0/s1. The Labute approximate surface area is 175 Å². The second-order valence-corrected chi connectivity index (χ2v) is 7.76. The third-order valence-corrected chi connectivity index (χ3v) is 6.15. The van der Waals surface area contributed by atoms with Crippen molar-refractivity contribution in [3.05, 3.63) is 67.7 Å². The van der Waals surface area contributed by atoms with Crippen LogP contribution < -0.4 is 0 Å². The Bertz CT molecular complexity index is 901. The van der Waals surface area contributed by atoms with Crippen LogP contribution in [-0.4, -0.2) is 33.3 Å². The van der Waals surface area contributed by atoms with Crippen LogP contribution >= 0.6 is 0 Å². The summed E-state index contributed by atoms with van der Waals surface area (Å²) in [4.78, 5) is 12.2. The van der Waals surface area contributed by atoms with Crippen LogP contribution in [-0.2, 0) is 0 Å². The molecule has 1 aromatic carbocycles. The Morgan fingerprint density at radius 1 is 1.24 bits per heavy atom. The Balaban J connectivity index is 2.06. The number of rotatable bonds is 8. The number of para-hydroxylation sites is 2. The Hall–Kier alpha value is -2.46. The largest absolute Gasteiger partial charge is 0.324 e. The van der Waals surface area contributed by atoms with Crippen molar-refractivity contribution >= 4 is 16.7 Å². The molecule has 1 aromatic heterocycles. The fourth-order valence-corrected chi connectivity index (χ4v) is 4.64. The summed E-state index contributed by atoms with van der Waals surface area (Å²) >= 11 is 0. The van der Waals surface area contributed by atoms with E-state index in [1.165, 1.54) is 11.3 Å². The molecule has 0 aliphatic carbocycles. The number of allylic oxidation sites excluding steroid dienone is 2. The molecule has 2 heterocycles. The predicted molar refractivity (Wildman–Crippen MR) is 124 cm³/mol. The van der Waals surface area contributed by atoms with E-state index in [0.717, 1.165) is 43.3 Å². The summed E-state index contributed by atoms with van der Waals surface area (Å²) in [7, 11) is 2.21. The molecule has 4 nitrogen and oxygen atoms in total. The Morgan fingerprint density at radius 3 is 2.69 bits per heavy atom. The van der Waals surface area contributed by atoms with E-state index < -0.39 is 0 Å². The van der Waals surface area contributed by atoms with Gasteiger partial charge in [0.1, 0.15) is 5.82 Å². The highest BCUT2D eigenvalue weighted by atomic mass is 15.2. The third kappa shape index (κ3) is 4.27. The van der Waals surface area contributed by atoms with Crippen molar-refractivity contribution in [2.24, 2.45) is 4.99 Å².